The monoisotopic (exact) mass is 298 g/mol. The predicted octanol–water partition coefficient (Wildman–Crippen LogP) is 4.00. The van der Waals surface area contributed by atoms with Crippen LogP contribution < -0.4 is 5.19 Å². The van der Waals surface area contributed by atoms with Gasteiger partial charge in [0.15, 0.2) is 0 Å². The number of hydrogen-bond donors (Lipinski definition) is 0. The van der Waals surface area contributed by atoms with Crippen LogP contribution in [-0.2, 0) is 8.85 Å². The average molecular weight is 299 g/mol. The van der Waals surface area contributed by atoms with E-state index < -0.39 is 8.56 Å². The first-order valence-corrected chi connectivity index (χ1v) is 9.48. The smallest absolute Gasteiger partial charge is 0.370 e. The molecule has 0 atom stereocenters. The maximum Gasteiger partial charge on any atom is 0.370 e. The zero-order valence-corrected chi connectivity index (χ0v) is 14.2. The molecule has 1 fully saturated rings. The zero-order valence-electron chi connectivity index (χ0n) is 12.4. The molecule has 0 unspecified atom stereocenters. The van der Waals surface area contributed by atoms with Crippen molar-refractivity contribution < 1.29 is 8.85 Å². The van der Waals surface area contributed by atoms with Crippen LogP contribution in [-0.4, -0.2) is 19.8 Å². The number of rotatable bonds is 1. The Morgan fingerprint density at radius 1 is 0.947 bits per heavy atom. The summed E-state index contributed by atoms with van der Waals surface area (Å²) >= 11 is 5.97. The van der Waals surface area contributed by atoms with Crippen LogP contribution in [0, 0.1) is 0 Å². The minimum atomic E-state index is -2.42. The lowest BCUT2D eigenvalue weighted by atomic mass is 9.94. The van der Waals surface area contributed by atoms with Gasteiger partial charge in [0.05, 0.1) is 11.2 Å². The average Bonchev–Trinajstić information content (AvgIpc) is 2.34. The summed E-state index contributed by atoms with van der Waals surface area (Å²) in [5.41, 5.74) is -0.289. The van der Waals surface area contributed by atoms with Gasteiger partial charge in [0.1, 0.15) is 0 Å². The molecule has 0 aliphatic carbocycles. The molecule has 1 aliphatic heterocycles. The van der Waals surface area contributed by atoms with E-state index in [4.69, 9.17) is 20.5 Å². The van der Waals surface area contributed by atoms with Gasteiger partial charge < -0.3 is 8.85 Å². The van der Waals surface area contributed by atoms with Gasteiger partial charge in [0.25, 0.3) is 0 Å². The van der Waals surface area contributed by atoms with Crippen LogP contribution in [0.2, 0.25) is 11.6 Å². The van der Waals surface area contributed by atoms with E-state index in [1.807, 2.05) is 24.3 Å². The van der Waals surface area contributed by atoms with E-state index in [-0.39, 0.29) is 11.2 Å². The van der Waals surface area contributed by atoms with Gasteiger partial charge in [0.2, 0.25) is 0 Å². The highest BCUT2D eigenvalue weighted by molar-refractivity contribution is 6.80. The maximum atomic E-state index is 6.42. The second kappa shape index (κ2) is 4.88. The minimum absolute atomic E-state index is 0.144. The minimum Gasteiger partial charge on any atom is -0.386 e. The molecule has 4 heteroatoms. The normalized spacial score (nSPS) is 24.7. The first-order valence-electron chi connectivity index (χ1n) is 6.78. The van der Waals surface area contributed by atoms with Crippen LogP contribution in [0.15, 0.2) is 24.3 Å². The first-order chi connectivity index (χ1) is 8.62. The highest BCUT2D eigenvalue weighted by Gasteiger charge is 2.47. The summed E-state index contributed by atoms with van der Waals surface area (Å²) in [5.74, 6) is 0. The van der Waals surface area contributed by atoms with Crippen molar-refractivity contribution in [1.29, 1.82) is 0 Å². The van der Waals surface area contributed by atoms with E-state index in [1.54, 1.807) is 0 Å². The van der Waals surface area contributed by atoms with Gasteiger partial charge in [-0.25, -0.2) is 0 Å². The summed E-state index contributed by atoms with van der Waals surface area (Å²) in [5, 5.41) is 1.88. The molecular formula is C15H23ClO2Si. The van der Waals surface area contributed by atoms with Gasteiger partial charge in [-0.05, 0) is 64.4 Å². The Bertz CT molecular complexity index is 436. The lowest BCUT2D eigenvalue weighted by molar-refractivity contribution is 0.0544. The topological polar surface area (TPSA) is 18.5 Å². The van der Waals surface area contributed by atoms with Gasteiger partial charge in [-0.2, -0.15) is 0 Å². The molecule has 1 saturated heterocycles. The predicted molar refractivity (Wildman–Crippen MR) is 82.3 cm³/mol. The van der Waals surface area contributed by atoms with E-state index in [0.29, 0.717) is 0 Å². The molecule has 0 N–H and O–H groups in total. The summed E-state index contributed by atoms with van der Waals surface area (Å²) in [4.78, 5) is 0. The molecule has 0 bridgehead atoms. The van der Waals surface area contributed by atoms with Crippen LogP contribution in [0.25, 0.3) is 0 Å². The maximum absolute atomic E-state index is 6.42. The van der Waals surface area contributed by atoms with Crippen molar-refractivity contribution in [2.24, 2.45) is 0 Å². The Hall–Kier alpha value is -0.353. The molecule has 0 radical (unpaired) electrons. The fourth-order valence-electron chi connectivity index (χ4n) is 2.65. The third-order valence-electron chi connectivity index (χ3n) is 3.64. The van der Waals surface area contributed by atoms with Crippen molar-refractivity contribution in [3.05, 3.63) is 29.3 Å². The van der Waals surface area contributed by atoms with Crippen LogP contribution in [0.1, 0.15) is 40.5 Å². The Labute approximate surface area is 122 Å². The quantitative estimate of drug-likeness (QED) is 0.730. The van der Waals surface area contributed by atoms with Crippen molar-refractivity contribution in [2.45, 2.75) is 58.3 Å². The summed E-state index contributed by atoms with van der Waals surface area (Å²) in [6.07, 6.45) is 2.02. The van der Waals surface area contributed by atoms with E-state index in [9.17, 15) is 0 Å². The molecule has 2 rings (SSSR count). The molecule has 0 saturated carbocycles. The van der Waals surface area contributed by atoms with Crippen molar-refractivity contribution >= 4 is 25.3 Å². The SMILES string of the molecule is CC1(C)CCC(C)(C)O[Si](C)(c2ccc(Cl)cc2)O1. The highest BCUT2D eigenvalue weighted by atomic mass is 35.5. The van der Waals surface area contributed by atoms with Crippen LogP contribution in [0.3, 0.4) is 0 Å². The fraction of sp³-hybridized carbons (Fsp3) is 0.600. The molecule has 0 amide bonds. The van der Waals surface area contributed by atoms with Gasteiger partial charge in [-0.3, -0.25) is 0 Å². The van der Waals surface area contributed by atoms with Gasteiger partial charge in [-0.1, -0.05) is 23.7 Å². The van der Waals surface area contributed by atoms with Crippen LogP contribution in [0.5, 0.6) is 0 Å². The fourth-order valence-corrected chi connectivity index (χ4v) is 6.14. The first kappa shape index (κ1) is 15.0. The molecule has 1 heterocycles. The summed E-state index contributed by atoms with van der Waals surface area (Å²) < 4.78 is 12.8. The molecule has 0 aromatic heterocycles. The number of benzene rings is 1. The van der Waals surface area contributed by atoms with Gasteiger partial charge in [0, 0.05) is 5.02 Å². The molecule has 0 spiro atoms. The lowest BCUT2D eigenvalue weighted by Gasteiger charge is -2.36. The highest BCUT2D eigenvalue weighted by Crippen LogP contribution is 2.35. The lowest BCUT2D eigenvalue weighted by Crippen LogP contribution is -2.56. The van der Waals surface area contributed by atoms with E-state index in [1.165, 1.54) is 0 Å². The second-order valence-electron chi connectivity index (χ2n) is 6.68. The Kier molecular flexibility index (Phi) is 3.87. The molecule has 19 heavy (non-hydrogen) atoms. The Morgan fingerprint density at radius 3 is 1.79 bits per heavy atom. The molecule has 106 valence electrons. The largest absolute Gasteiger partial charge is 0.386 e. The molecule has 1 aromatic rings. The second-order valence-corrected chi connectivity index (χ2v) is 9.99. The zero-order chi connectivity index (χ0) is 14.3. The van der Waals surface area contributed by atoms with Crippen molar-refractivity contribution in [2.75, 3.05) is 0 Å². The molecular weight excluding hydrogens is 276 g/mol. The van der Waals surface area contributed by atoms with Crippen molar-refractivity contribution in [3.8, 4) is 0 Å². The number of hydrogen-bond acceptors (Lipinski definition) is 2. The molecule has 1 aromatic carbocycles. The molecule has 1 aliphatic rings. The standard InChI is InChI=1S/C15H23ClO2Si/c1-14(2)10-11-15(3,4)18-19(5,17-14)13-8-6-12(16)7-9-13/h6-9H,10-11H2,1-5H3. The van der Waals surface area contributed by atoms with Crippen LogP contribution >= 0.6 is 11.6 Å². The van der Waals surface area contributed by atoms with Crippen molar-refractivity contribution in [1.82, 2.24) is 0 Å². The number of halogens is 1. The Balaban J connectivity index is 2.40. The van der Waals surface area contributed by atoms with E-state index in [0.717, 1.165) is 23.1 Å². The van der Waals surface area contributed by atoms with E-state index >= 15 is 0 Å². The summed E-state index contributed by atoms with van der Waals surface area (Å²) in [7, 11) is -2.42. The Morgan fingerprint density at radius 2 is 1.37 bits per heavy atom. The third-order valence-corrected chi connectivity index (χ3v) is 7.16. The third kappa shape index (κ3) is 3.60. The van der Waals surface area contributed by atoms with Crippen molar-refractivity contribution in [3.63, 3.8) is 0 Å². The summed E-state index contributed by atoms with van der Waals surface area (Å²) in [6, 6.07) is 7.89. The molecule has 2 nitrogen and oxygen atoms in total. The van der Waals surface area contributed by atoms with E-state index in [2.05, 4.69) is 34.2 Å². The van der Waals surface area contributed by atoms with Gasteiger partial charge in [-0.15, -0.1) is 0 Å². The summed E-state index contributed by atoms with van der Waals surface area (Å²) in [6.45, 7) is 10.7. The van der Waals surface area contributed by atoms with Crippen LogP contribution in [0.4, 0.5) is 0 Å². The van der Waals surface area contributed by atoms with Gasteiger partial charge >= 0.3 is 8.56 Å².